The van der Waals surface area contributed by atoms with Gasteiger partial charge in [0.25, 0.3) is 0 Å². The molecule has 0 aliphatic heterocycles. The fourth-order valence-corrected chi connectivity index (χ4v) is 2.81. The molecule has 3 atom stereocenters. The molecule has 3 unspecified atom stereocenters. The Balaban J connectivity index is 2.29. The van der Waals surface area contributed by atoms with Crippen molar-refractivity contribution in [2.45, 2.75) is 23.2 Å². The maximum atomic E-state index is 5.97. The summed E-state index contributed by atoms with van der Waals surface area (Å²) in [5.41, 5.74) is 1.02. The number of benzene rings is 1. The van der Waals surface area contributed by atoms with E-state index in [1.54, 1.807) is 12.5 Å². The van der Waals surface area contributed by atoms with Gasteiger partial charge in [0.15, 0.2) is 11.2 Å². The van der Waals surface area contributed by atoms with E-state index in [2.05, 4.69) is 49.5 Å². The van der Waals surface area contributed by atoms with Crippen molar-refractivity contribution in [1.29, 1.82) is 0 Å². The Morgan fingerprint density at radius 2 is 2.05 bits per heavy atom. The minimum absolute atomic E-state index is 0.111. The predicted octanol–water partition coefficient (Wildman–Crippen LogP) is 4.94. The lowest BCUT2D eigenvalue weighted by molar-refractivity contribution is 0.170. The molecule has 2 rings (SSSR count). The molecule has 0 saturated carbocycles. The highest BCUT2D eigenvalue weighted by Crippen LogP contribution is 2.36. The number of nitrogens with zero attached hydrogens (tertiary/aromatic N) is 2. The molecule has 7 heteroatoms. The van der Waals surface area contributed by atoms with Crippen LogP contribution in [0.2, 0.25) is 0 Å². The average Bonchev–Trinajstić information content (AvgIpc) is 2.99. The summed E-state index contributed by atoms with van der Waals surface area (Å²) in [7, 11) is 0. The molecule has 0 radical (unpaired) electrons. The molecule has 0 aliphatic carbocycles. The number of aromatic nitrogens is 2. The molecule has 1 aromatic carbocycles. The van der Waals surface area contributed by atoms with Crippen LogP contribution < -0.4 is 0 Å². The van der Waals surface area contributed by atoms with Gasteiger partial charge in [0.2, 0.25) is 0 Å². The summed E-state index contributed by atoms with van der Waals surface area (Å²) >= 11 is 16.7. The van der Waals surface area contributed by atoms with Gasteiger partial charge in [-0.3, -0.25) is 0 Å². The Bertz CT molecular complexity index is 588. The molecule has 21 heavy (non-hydrogen) atoms. The number of imidazole rings is 1. The third-order valence-corrected chi connectivity index (χ3v) is 5.18. The Hall–Kier alpha value is -0.370. The van der Waals surface area contributed by atoms with Crippen molar-refractivity contribution in [1.82, 2.24) is 9.55 Å². The lowest BCUT2D eigenvalue weighted by Gasteiger charge is -2.26. The van der Waals surface area contributed by atoms with Gasteiger partial charge in [-0.25, -0.2) is 4.98 Å². The monoisotopic (exact) mass is 448 g/mol. The lowest BCUT2D eigenvalue weighted by Crippen LogP contribution is -2.21. The van der Waals surface area contributed by atoms with Gasteiger partial charge in [-0.05, 0) is 36.8 Å². The van der Waals surface area contributed by atoms with E-state index in [1.807, 2.05) is 42.0 Å². The van der Waals surface area contributed by atoms with Crippen LogP contribution in [0, 0.1) is 0 Å². The van der Waals surface area contributed by atoms with E-state index in [0.29, 0.717) is 5.05 Å². The van der Waals surface area contributed by atoms with E-state index in [9.17, 15) is 0 Å². The summed E-state index contributed by atoms with van der Waals surface area (Å²) in [5, 5.41) is 0.358. The molecule has 1 heterocycles. The third kappa shape index (κ3) is 4.55. The first-order chi connectivity index (χ1) is 9.99. The first-order valence-corrected chi connectivity index (χ1v) is 8.88. The molecular formula is C14H14Br2N2OS2. The Morgan fingerprint density at radius 3 is 2.57 bits per heavy atom. The summed E-state index contributed by atoms with van der Waals surface area (Å²) in [4.78, 5) is 3.95. The Kier molecular flexibility index (Phi) is 6.28. The van der Waals surface area contributed by atoms with E-state index in [1.165, 1.54) is 0 Å². The fraction of sp³-hybridized carbons (Fsp3) is 0.286. The molecule has 0 amide bonds. The highest BCUT2D eigenvalue weighted by molar-refractivity contribution is 9.10. The zero-order chi connectivity index (χ0) is 15.4. The van der Waals surface area contributed by atoms with Crippen LogP contribution in [0.5, 0.6) is 0 Å². The Morgan fingerprint density at radius 1 is 1.38 bits per heavy atom. The molecular weight excluding hydrogens is 436 g/mol. The van der Waals surface area contributed by atoms with Crippen LogP contribution in [0.4, 0.5) is 0 Å². The van der Waals surface area contributed by atoms with Crippen molar-refractivity contribution in [3.05, 3.63) is 53.0 Å². The van der Waals surface area contributed by atoms with Crippen molar-refractivity contribution in [3.8, 4) is 0 Å². The number of alkyl halides is 1. The minimum Gasteiger partial charge on any atom is -0.475 e. The SMILES string of the molecule is CC(S)C(=S)OC(c1ccc(Br)cc1)C(Br)n1ccnc1. The van der Waals surface area contributed by atoms with E-state index >= 15 is 0 Å². The van der Waals surface area contributed by atoms with Crippen LogP contribution in [0.25, 0.3) is 0 Å². The predicted molar refractivity (Wildman–Crippen MR) is 99.2 cm³/mol. The molecule has 0 spiro atoms. The van der Waals surface area contributed by atoms with Crippen LogP contribution in [0.3, 0.4) is 0 Å². The molecule has 2 aromatic rings. The van der Waals surface area contributed by atoms with Gasteiger partial charge in [0.1, 0.15) is 4.95 Å². The highest BCUT2D eigenvalue weighted by Gasteiger charge is 2.26. The van der Waals surface area contributed by atoms with Crippen molar-refractivity contribution in [2.75, 3.05) is 0 Å². The molecule has 1 aromatic heterocycles. The molecule has 0 bridgehead atoms. The normalized spacial score (nSPS) is 15.2. The van der Waals surface area contributed by atoms with Crippen LogP contribution in [0.15, 0.2) is 47.5 Å². The fourth-order valence-electron chi connectivity index (χ4n) is 1.73. The van der Waals surface area contributed by atoms with Gasteiger partial charge in [-0.1, -0.05) is 44.0 Å². The maximum absolute atomic E-state index is 5.97. The van der Waals surface area contributed by atoms with Crippen LogP contribution in [-0.2, 0) is 4.74 Å². The maximum Gasteiger partial charge on any atom is 0.173 e. The summed E-state index contributed by atoms with van der Waals surface area (Å²) in [6, 6.07) is 7.97. The van der Waals surface area contributed by atoms with Crippen molar-refractivity contribution < 1.29 is 4.74 Å². The zero-order valence-electron chi connectivity index (χ0n) is 11.2. The number of rotatable bonds is 5. The van der Waals surface area contributed by atoms with Gasteiger partial charge < -0.3 is 9.30 Å². The minimum atomic E-state index is -0.269. The third-order valence-electron chi connectivity index (χ3n) is 2.84. The number of halogens is 2. The van der Waals surface area contributed by atoms with E-state index < -0.39 is 0 Å². The summed E-state index contributed by atoms with van der Waals surface area (Å²) in [6.45, 7) is 1.89. The standard InChI is InChI=1S/C14H14Br2N2OS2/c1-9(20)14(21)19-12(10-2-4-11(15)5-3-10)13(16)18-7-6-17-8-18/h2-9,12-13,20H,1H3. The van der Waals surface area contributed by atoms with Crippen LogP contribution in [0.1, 0.15) is 23.5 Å². The van der Waals surface area contributed by atoms with Gasteiger partial charge in [-0.2, -0.15) is 12.6 Å². The molecule has 0 fully saturated rings. The van der Waals surface area contributed by atoms with Crippen molar-refractivity contribution in [3.63, 3.8) is 0 Å². The second-order valence-electron chi connectivity index (χ2n) is 4.47. The first-order valence-electron chi connectivity index (χ1n) is 6.24. The first kappa shape index (κ1) is 17.0. The number of hydrogen-bond acceptors (Lipinski definition) is 4. The second-order valence-corrected chi connectivity index (χ2v) is 7.50. The van der Waals surface area contributed by atoms with E-state index in [-0.39, 0.29) is 16.3 Å². The number of thiol groups is 1. The molecule has 0 aliphatic rings. The second kappa shape index (κ2) is 7.76. The average molecular weight is 450 g/mol. The van der Waals surface area contributed by atoms with Crippen LogP contribution in [-0.4, -0.2) is 19.9 Å². The van der Waals surface area contributed by atoms with Crippen LogP contribution >= 0.6 is 56.7 Å². The topological polar surface area (TPSA) is 27.1 Å². The number of thiocarbonyl (C=S) groups is 1. The number of hydrogen-bond donors (Lipinski definition) is 1. The lowest BCUT2D eigenvalue weighted by atomic mass is 10.1. The smallest absolute Gasteiger partial charge is 0.173 e. The van der Waals surface area contributed by atoms with Gasteiger partial charge in [0, 0.05) is 16.9 Å². The molecule has 3 nitrogen and oxygen atoms in total. The van der Waals surface area contributed by atoms with E-state index in [0.717, 1.165) is 10.0 Å². The van der Waals surface area contributed by atoms with E-state index in [4.69, 9.17) is 17.0 Å². The van der Waals surface area contributed by atoms with Crippen molar-refractivity contribution >= 4 is 61.8 Å². The molecule has 0 N–H and O–H groups in total. The summed E-state index contributed by atoms with van der Waals surface area (Å²) in [6.07, 6.45) is 5.07. The quantitative estimate of drug-likeness (QED) is 0.397. The zero-order valence-corrected chi connectivity index (χ0v) is 16.1. The molecule has 0 saturated heterocycles. The summed E-state index contributed by atoms with van der Waals surface area (Å²) < 4.78 is 8.91. The molecule has 112 valence electrons. The van der Waals surface area contributed by atoms with Crippen molar-refractivity contribution in [2.24, 2.45) is 0 Å². The van der Waals surface area contributed by atoms with Gasteiger partial charge >= 0.3 is 0 Å². The number of ether oxygens (including phenoxy) is 1. The van der Waals surface area contributed by atoms with Gasteiger partial charge in [0.05, 0.1) is 11.6 Å². The summed E-state index contributed by atoms with van der Waals surface area (Å²) in [5.74, 6) is 0. The highest BCUT2D eigenvalue weighted by atomic mass is 79.9. The Labute approximate surface area is 151 Å². The van der Waals surface area contributed by atoms with Gasteiger partial charge in [-0.15, -0.1) is 0 Å². The largest absolute Gasteiger partial charge is 0.475 e.